The second-order valence-electron chi connectivity index (χ2n) is 5.74. The molecule has 19 heavy (non-hydrogen) atoms. The first kappa shape index (κ1) is 14.4. The predicted molar refractivity (Wildman–Crippen MR) is 76.6 cm³/mol. The van der Waals surface area contributed by atoms with Gasteiger partial charge in [0.15, 0.2) is 0 Å². The summed E-state index contributed by atoms with van der Waals surface area (Å²) in [5.41, 5.74) is 0. The molecule has 0 bridgehead atoms. The third-order valence-electron chi connectivity index (χ3n) is 4.28. The number of amides is 1. The first-order chi connectivity index (χ1) is 9.20. The van der Waals surface area contributed by atoms with Gasteiger partial charge in [-0.25, -0.2) is 0 Å². The van der Waals surface area contributed by atoms with E-state index in [1.165, 1.54) is 12.8 Å². The van der Waals surface area contributed by atoms with Crippen molar-refractivity contribution in [2.24, 2.45) is 5.92 Å². The third-order valence-corrected chi connectivity index (χ3v) is 4.28. The Morgan fingerprint density at radius 1 is 1.53 bits per heavy atom. The highest BCUT2D eigenvalue weighted by atomic mass is 16.2. The van der Waals surface area contributed by atoms with Crippen LogP contribution in [-0.4, -0.2) is 49.1 Å². The normalized spacial score (nSPS) is 29.7. The van der Waals surface area contributed by atoms with Crippen molar-refractivity contribution in [3.8, 4) is 12.3 Å². The Hall–Kier alpha value is -1.05. The van der Waals surface area contributed by atoms with Crippen molar-refractivity contribution in [1.29, 1.82) is 0 Å². The van der Waals surface area contributed by atoms with Gasteiger partial charge in [0.25, 0.3) is 0 Å². The van der Waals surface area contributed by atoms with E-state index in [9.17, 15) is 4.79 Å². The Balaban J connectivity index is 1.73. The van der Waals surface area contributed by atoms with Gasteiger partial charge in [0.1, 0.15) is 0 Å². The van der Waals surface area contributed by atoms with Crippen LogP contribution in [0.3, 0.4) is 0 Å². The van der Waals surface area contributed by atoms with E-state index in [0.29, 0.717) is 5.92 Å². The molecule has 4 nitrogen and oxygen atoms in total. The van der Waals surface area contributed by atoms with Crippen LogP contribution in [0.25, 0.3) is 0 Å². The molecule has 3 unspecified atom stereocenters. The molecule has 2 fully saturated rings. The number of nitrogens with one attached hydrogen (secondary N) is 2. The van der Waals surface area contributed by atoms with E-state index in [1.807, 2.05) is 0 Å². The maximum Gasteiger partial charge on any atom is 0.237 e. The summed E-state index contributed by atoms with van der Waals surface area (Å²) in [6.07, 6.45) is 9.92. The quantitative estimate of drug-likeness (QED) is 0.730. The average molecular weight is 263 g/mol. The highest BCUT2D eigenvalue weighted by Crippen LogP contribution is 2.17. The number of terminal acetylenes is 1. The molecule has 1 amide bonds. The van der Waals surface area contributed by atoms with Crippen molar-refractivity contribution in [2.45, 2.75) is 44.7 Å². The van der Waals surface area contributed by atoms with Crippen molar-refractivity contribution in [3.63, 3.8) is 0 Å². The van der Waals surface area contributed by atoms with Gasteiger partial charge < -0.3 is 10.6 Å². The monoisotopic (exact) mass is 263 g/mol. The van der Waals surface area contributed by atoms with Crippen LogP contribution in [0, 0.1) is 18.3 Å². The summed E-state index contributed by atoms with van der Waals surface area (Å²) in [7, 11) is 0. The first-order valence-electron chi connectivity index (χ1n) is 7.42. The molecule has 2 N–H and O–H groups in total. The van der Waals surface area contributed by atoms with Crippen LogP contribution >= 0.6 is 0 Å². The zero-order chi connectivity index (χ0) is 13.7. The van der Waals surface area contributed by atoms with Gasteiger partial charge in [0.05, 0.1) is 12.1 Å². The van der Waals surface area contributed by atoms with Gasteiger partial charge in [-0.1, -0.05) is 5.92 Å². The number of rotatable bonds is 4. The molecule has 3 atom stereocenters. The lowest BCUT2D eigenvalue weighted by atomic mass is 9.96. The molecule has 0 aromatic heterocycles. The summed E-state index contributed by atoms with van der Waals surface area (Å²) in [5.74, 6) is 3.50. The molecule has 0 aromatic carbocycles. The summed E-state index contributed by atoms with van der Waals surface area (Å²) >= 11 is 0. The van der Waals surface area contributed by atoms with Crippen LogP contribution in [0.15, 0.2) is 0 Å². The zero-order valence-electron chi connectivity index (χ0n) is 11.8. The third kappa shape index (κ3) is 3.95. The molecule has 4 heteroatoms. The Kier molecular flexibility index (Phi) is 5.24. The summed E-state index contributed by atoms with van der Waals surface area (Å²) in [5, 5.41) is 6.32. The molecule has 0 saturated carbocycles. The van der Waals surface area contributed by atoms with Gasteiger partial charge in [-0.2, -0.15) is 0 Å². The molecule has 0 spiro atoms. The smallest absolute Gasteiger partial charge is 0.237 e. The fourth-order valence-electron chi connectivity index (χ4n) is 3.00. The lowest BCUT2D eigenvalue weighted by Crippen LogP contribution is -2.47. The van der Waals surface area contributed by atoms with Crippen LogP contribution in [0.1, 0.15) is 32.6 Å². The van der Waals surface area contributed by atoms with E-state index in [0.717, 1.165) is 39.0 Å². The molecular formula is C15H25N3O. The highest BCUT2D eigenvalue weighted by Gasteiger charge is 2.25. The number of piperidine rings is 1. The SMILES string of the molecule is C#CC(C)N1CCCC(CNC(=O)C2CCCN2)C1. The Labute approximate surface area is 116 Å². The van der Waals surface area contributed by atoms with Gasteiger partial charge in [-0.05, 0) is 51.6 Å². The van der Waals surface area contributed by atoms with Crippen molar-refractivity contribution in [2.75, 3.05) is 26.2 Å². The molecular weight excluding hydrogens is 238 g/mol. The fraction of sp³-hybridized carbons (Fsp3) is 0.800. The van der Waals surface area contributed by atoms with Crippen LogP contribution in [0.5, 0.6) is 0 Å². The zero-order valence-corrected chi connectivity index (χ0v) is 11.8. The number of carbonyl (C=O) groups is 1. The topological polar surface area (TPSA) is 44.4 Å². The largest absolute Gasteiger partial charge is 0.354 e. The summed E-state index contributed by atoms with van der Waals surface area (Å²) < 4.78 is 0. The van der Waals surface area contributed by atoms with Crippen LogP contribution in [0.2, 0.25) is 0 Å². The number of hydrogen-bond acceptors (Lipinski definition) is 3. The Morgan fingerprint density at radius 3 is 3.05 bits per heavy atom. The number of nitrogens with zero attached hydrogens (tertiary/aromatic N) is 1. The molecule has 2 rings (SSSR count). The van der Waals surface area contributed by atoms with E-state index >= 15 is 0 Å². The predicted octanol–water partition coefficient (Wildman–Crippen LogP) is 0.588. The molecule has 2 aliphatic heterocycles. The summed E-state index contributed by atoms with van der Waals surface area (Å²) in [6.45, 7) is 5.91. The molecule has 106 valence electrons. The Bertz CT molecular complexity index is 344. The van der Waals surface area contributed by atoms with Crippen molar-refractivity contribution < 1.29 is 4.79 Å². The minimum Gasteiger partial charge on any atom is -0.354 e. The van der Waals surface area contributed by atoms with Crippen LogP contribution in [0.4, 0.5) is 0 Å². The van der Waals surface area contributed by atoms with Gasteiger partial charge in [0, 0.05) is 13.1 Å². The van der Waals surface area contributed by atoms with E-state index in [2.05, 4.69) is 28.4 Å². The molecule has 0 aromatic rings. The first-order valence-corrected chi connectivity index (χ1v) is 7.42. The van der Waals surface area contributed by atoms with E-state index < -0.39 is 0 Å². The number of hydrogen-bond donors (Lipinski definition) is 2. The van der Waals surface area contributed by atoms with Crippen molar-refractivity contribution in [1.82, 2.24) is 15.5 Å². The standard InChI is InChI=1S/C15H25N3O/c1-3-12(2)18-9-5-6-13(11-18)10-17-15(19)14-7-4-8-16-14/h1,12-14,16H,4-11H2,2H3,(H,17,19). The molecule has 0 radical (unpaired) electrons. The van der Waals surface area contributed by atoms with Crippen molar-refractivity contribution >= 4 is 5.91 Å². The van der Waals surface area contributed by atoms with E-state index in [1.54, 1.807) is 0 Å². The molecule has 2 saturated heterocycles. The second-order valence-corrected chi connectivity index (χ2v) is 5.74. The lowest BCUT2D eigenvalue weighted by molar-refractivity contribution is -0.123. The summed E-state index contributed by atoms with van der Waals surface area (Å²) in [6, 6.07) is 0.235. The van der Waals surface area contributed by atoms with Gasteiger partial charge in [0.2, 0.25) is 5.91 Å². The van der Waals surface area contributed by atoms with Crippen molar-refractivity contribution in [3.05, 3.63) is 0 Å². The van der Waals surface area contributed by atoms with Gasteiger partial charge in [-0.15, -0.1) is 6.42 Å². The molecule has 0 aliphatic carbocycles. The maximum absolute atomic E-state index is 11.9. The summed E-state index contributed by atoms with van der Waals surface area (Å²) in [4.78, 5) is 14.3. The van der Waals surface area contributed by atoms with Crippen LogP contribution in [-0.2, 0) is 4.79 Å². The van der Waals surface area contributed by atoms with Gasteiger partial charge >= 0.3 is 0 Å². The maximum atomic E-state index is 11.9. The second kappa shape index (κ2) is 6.93. The van der Waals surface area contributed by atoms with Gasteiger partial charge in [-0.3, -0.25) is 9.69 Å². The lowest BCUT2D eigenvalue weighted by Gasteiger charge is -2.35. The van der Waals surface area contributed by atoms with E-state index in [4.69, 9.17) is 6.42 Å². The highest BCUT2D eigenvalue weighted by molar-refractivity contribution is 5.81. The average Bonchev–Trinajstić information content (AvgIpc) is 2.98. The minimum absolute atomic E-state index is 0.0318. The molecule has 2 heterocycles. The fourth-order valence-corrected chi connectivity index (χ4v) is 3.00. The number of carbonyl (C=O) groups excluding carboxylic acids is 1. The Morgan fingerprint density at radius 2 is 2.37 bits per heavy atom. The minimum atomic E-state index is 0.0318. The van der Waals surface area contributed by atoms with E-state index in [-0.39, 0.29) is 18.0 Å². The number of likely N-dealkylation sites (tertiary alicyclic amines) is 1. The molecule has 2 aliphatic rings. The van der Waals surface area contributed by atoms with Crippen LogP contribution < -0.4 is 10.6 Å².